The van der Waals surface area contributed by atoms with Gasteiger partial charge in [-0.2, -0.15) is 5.26 Å². The fourth-order valence-electron chi connectivity index (χ4n) is 4.10. The summed E-state index contributed by atoms with van der Waals surface area (Å²) in [7, 11) is 3.34. The van der Waals surface area contributed by atoms with Crippen molar-refractivity contribution in [3.8, 4) is 23.3 Å². The average molecular weight is 378 g/mol. The van der Waals surface area contributed by atoms with Gasteiger partial charge in [-0.3, -0.25) is 0 Å². The molecule has 0 bridgehead atoms. The first kappa shape index (κ1) is 17.2. The van der Waals surface area contributed by atoms with Crippen LogP contribution >= 0.6 is 0 Å². The zero-order chi connectivity index (χ0) is 20.0. The minimum absolute atomic E-state index is 0.662. The zero-order valence-electron chi connectivity index (χ0n) is 16.1. The van der Waals surface area contributed by atoms with Gasteiger partial charge in [-0.15, -0.1) is 0 Å². The van der Waals surface area contributed by atoms with Crippen LogP contribution in [0.15, 0.2) is 72.8 Å². The number of nitrogens with zero attached hydrogens (tertiary/aromatic N) is 2. The van der Waals surface area contributed by atoms with Gasteiger partial charge in [0, 0.05) is 16.2 Å². The van der Waals surface area contributed by atoms with Crippen LogP contribution in [0.2, 0.25) is 0 Å². The van der Waals surface area contributed by atoms with Crippen molar-refractivity contribution < 1.29 is 9.47 Å². The summed E-state index contributed by atoms with van der Waals surface area (Å²) in [5.74, 6) is 1.60. The maximum Gasteiger partial charge on any atom is 0.119 e. The molecule has 5 aromatic rings. The van der Waals surface area contributed by atoms with Crippen molar-refractivity contribution in [1.82, 2.24) is 4.57 Å². The first-order valence-electron chi connectivity index (χ1n) is 9.33. The van der Waals surface area contributed by atoms with Crippen LogP contribution in [0, 0.1) is 11.3 Å². The SMILES string of the molecule is COc1ccc2c(c1)c1cc(OC)ccc1n2-c1cccc2cccc(C#N)c12. The Kier molecular flexibility index (Phi) is 3.89. The van der Waals surface area contributed by atoms with Crippen molar-refractivity contribution >= 4 is 32.6 Å². The van der Waals surface area contributed by atoms with Crippen LogP contribution in [0.1, 0.15) is 5.56 Å². The molecule has 0 unspecified atom stereocenters. The Labute approximate surface area is 168 Å². The van der Waals surface area contributed by atoms with Crippen molar-refractivity contribution in [2.45, 2.75) is 0 Å². The molecule has 0 saturated heterocycles. The van der Waals surface area contributed by atoms with E-state index in [1.54, 1.807) is 14.2 Å². The van der Waals surface area contributed by atoms with E-state index in [1.165, 1.54) is 0 Å². The minimum atomic E-state index is 0.662. The van der Waals surface area contributed by atoms with Gasteiger partial charge in [0.1, 0.15) is 11.5 Å². The standard InChI is InChI=1S/C25H18N2O2/c1-28-18-9-11-22-20(13-18)21-14-19(29-2)10-12-23(21)27(22)24-8-4-6-16-5-3-7-17(15-26)25(16)24/h3-14H,1-2H3. The first-order chi connectivity index (χ1) is 14.2. The van der Waals surface area contributed by atoms with Crippen molar-refractivity contribution in [3.63, 3.8) is 0 Å². The van der Waals surface area contributed by atoms with Crippen LogP contribution in [-0.4, -0.2) is 18.8 Å². The van der Waals surface area contributed by atoms with E-state index in [0.29, 0.717) is 5.56 Å². The zero-order valence-corrected chi connectivity index (χ0v) is 16.1. The molecule has 0 spiro atoms. The van der Waals surface area contributed by atoms with Gasteiger partial charge in [0.25, 0.3) is 0 Å². The van der Waals surface area contributed by atoms with E-state index in [-0.39, 0.29) is 0 Å². The summed E-state index contributed by atoms with van der Waals surface area (Å²) in [5.41, 5.74) is 3.74. The molecular weight excluding hydrogens is 360 g/mol. The Morgan fingerprint density at radius 1 is 0.759 bits per heavy atom. The second kappa shape index (κ2) is 6.57. The predicted molar refractivity (Wildman–Crippen MR) is 116 cm³/mol. The molecule has 4 heteroatoms. The van der Waals surface area contributed by atoms with Crippen molar-refractivity contribution in [2.75, 3.05) is 14.2 Å². The van der Waals surface area contributed by atoms with Gasteiger partial charge < -0.3 is 14.0 Å². The summed E-state index contributed by atoms with van der Waals surface area (Å²) in [6.45, 7) is 0. The quantitative estimate of drug-likeness (QED) is 0.397. The molecule has 1 aromatic heterocycles. The minimum Gasteiger partial charge on any atom is -0.497 e. The molecular formula is C25H18N2O2. The Bertz CT molecular complexity index is 1370. The summed E-state index contributed by atoms with van der Waals surface area (Å²) < 4.78 is 13.1. The van der Waals surface area contributed by atoms with E-state index in [4.69, 9.17) is 9.47 Å². The summed E-state index contributed by atoms with van der Waals surface area (Å²) >= 11 is 0. The average Bonchev–Trinajstić information content (AvgIpc) is 3.10. The van der Waals surface area contributed by atoms with Gasteiger partial charge in [-0.25, -0.2) is 0 Å². The van der Waals surface area contributed by atoms with Gasteiger partial charge in [0.2, 0.25) is 0 Å². The lowest BCUT2D eigenvalue weighted by atomic mass is 10.0. The number of hydrogen-bond acceptors (Lipinski definition) is 3. The Morgan fingerprint density at radius 3 is 1.90 bits per heavy atom. The highest BCUT2D eigenvalue weighted by atomic mass is 16.5. The number of fused-ring (bicyclic) bond motifs is 4. The van der Waals surface area contributed by atoms with Gasteiger partial charge in [0.15, 0.2) is 0 Å². The highest BCUT2D eigenvalue weighted by Crippen LogP contribution is 2.38. The lowest BCUT2D eigenvalue weighted by Gasteiger charge is -2.13. The van der Waals surface area contributed by atoms with E-state index in [0.717, 1.165) is 49.8 Å². The molecule has 0 aliphatic heterocycles. The van der Waals surface area contributed by atoms with Gasteiger partial charge in [-0.1, -0.05) is 24.3 Å². The highest BCUT2D eigenvalue weighted by Gasteiger charge is 2.16. The van der Waals surface area contributed by atoms with Crippen LogP contribution in [0.4, 0.5) is 0 Å². The van der Waals surface area contributed by atoms with Crippen LogP contribution in [-0.2, 0) is 0 Å². The van der Waals surface area contributed by atoms with Crippen molar-refractivity contribution in [1.29, 1.82) is 5.26 Å². The number of hydrogen-bond donors (Lipinski definition) is 0. The second-order valence-corrected chi connectivity index (χ2v) is 6.89. The number of aromatic nitrogens is 1. The molecule has 29 heavy (non-hydrogen) atoms. The molecule has 0 atom stereocenters. The van der Waals surface area contributed by atoms with E-state index in [9.17, 15) is 5.26 Å². The van der Waals surface area contributed by atoms with Gasteiger partial charge >= 0.3 is 0 Å². The molecule has 140 valence electrons. The third kappa shape index (κ3) is 2.52. The first-order valence-corrected chi connectivity index (χ1v) is 9.33. The normalized spacial score (nSPS) is 11.1. The molecule has 1 heterocycles. The van der Waals surface area contributed by atoms with Crippen LogP contribution < -0.4 is 9.47 Å². The van der Waals surface area contributed by atoms with Crippen molar-refractivity contribution in [2.24, 2.45) is 0 Å². The van der Waals surface area contributed by atoms with Gasteiger partial charge in [-0.05, 0) is 53.9 Å². The molecule has 0 N–H and O–H groups in total. The lowest BCUT2D eigenvalue weighted by molar-refractivity contribution is 0.415. The molecule has 0 saturated carbocycles. The predicted octanol–water partition coefficient (Wildman–Crippen LogP) is 5.83. The van der Waals surface area contributed by atoms with Crippen LogP contribution in [0.5, 0.6) is 11.5 Å². The third-order valence-corrected chi connectivity index (χ3v) is 5.42. The maximum absolute atomic E-state index is 9.73. The Morgan fingerprint density at radius 2 is 1.34 bits per heavy atom. The van der Waals surface area contributed by atoms with Crippen molar-refractivity contribution in [3.05, 3.63) is 78.4 Å². The lowest BCUT2D eigenvalue weighted by Crippen LogP contribution is -1.97. The van der Waals surface area contributed by atoms with Crippen LogP contribution in [0.3, 0.4) is 0 Å². The second-order valence-electron chi connectivity index (χ2n) is 6.89. The van der Waals surface area contributed by atoms with E-state index in [2.05, 4.69) is 28.8 Å². The molecule has 4 nitrogen and oxygen atoms in total. The van der Waals surface area contributed by atoms with E-state index in [1.807, 2.05) is 54.6 Å². The topological polar surface area (TPSA) is 47.2 Å². The highest BCUT2D eigenvalue weighted by molar-refractivity contribution is 6.11. The fraction of sp³-hybridized carbons (Fsp3) is 0.0800. The monoisotopic (exact) mass is 378 g/mol. The summed E-state index contributed by atoms with van der Waals surface area (Å²) in [5, 5.41) is 13.9. The van der Waals surface area contributed by atoms with E-state index < -0.39 is 0 Å². The smallest absolute Gasteiger partial charge is 0.119 e. The molecule has 0 amide bonds. The number of methoxy groups -OCH3 is 2. The van der Waals surface area contributed by atoms with Gasteiger partial charge in [0.05, 0.1) is 42.6 Å². The third-order valence-electron chi connectivity index (χ3n) is 5.42. The number of benzene rings is 4. The number of nitriles is 1. The van der Waals surface area contributed by atoms with E-state index >= 15 is 0 Å². The Hall–Kier alpha value is -3.97. The molecule has 0 radical (unpaired) electrons. The summed E-state index contributed by atoms with van der Waals surface area (Å²) in [6.07, 6.45) is 0. The number of ether oxygens (including phenoxy) is 2. The molecule has 0 aliphatic carbocycles. The molecule has 0 aliphatic rings. The fourth-order valence-corrected chi connectivity index (χ4v) is 4.10. The number of rotatable bonds is 3. The Balaban J connectivity index is 1.98. The largest absolute Gasteiger partial charge is 0.497 e. The molecule has 5 rings (SSSR count). The van der Waals surface area contributed by atoms with Crippen LogP contribution in [0.25, 0.3) is 38.3 Å². The summed E-state index contributed by atoms with van der Waals surface area (Å²) in [6, 6.07) is 26.5. The summed E-state index contributed by atoms with van der Waals surface area (Å²) in [4.78, 5) is 0. The molecule has 4 aromatic carbocycles. The maximum atomic E-state index is 9.73. The molecule has 0 fully saturated rings.